The van der Waals surface area contributed by atoms with Crippen molar-refractivity contribution in [3.8, 4) is 0 Å². The molecule has 1 N–H and O–H groups in total. The van der Waals surface area contributed by atoms with Gasteiger partial charge < -0.3 is 24.1 Å². The van der Waals surface area contributed by atoms with Gasteiger partial charge in [0, 0.05) is 21.0 Å². The number of carbonyl (C=O) groups is 2. The average Bonchev–Trinajstić information content (AvgIpc) is 2.62. The number of esters is 2. The average molecular weight is 275 g/mol. The van der Waals surface area contributed by atoms with Crippen LogP contribution in [0, 0.1) is 0 Å². The van der Waals surface area contributed by atoms with Crippen LogP contribution in [0.25, 0.3) is 0 Å². The molecular formula is C12H18O7. The number of aliphatic hydroxyl groups is 1. The molecule has 0 radical (unpaired) electrons. The SMILES string of the molecule is [2H]C=C[C@]1(COC(C)=O)OC(OC)[C@H](OC(C)=O)[C@@H]1O. The Balaban J connectivity index is 2.99. The van der Waals surface area contributed by atoms with Gasteiger partial charge in [-0.3, -0.25) is 9.59 Å². The summed E-state index contributed by atoms with van der Waals surface area (Å²) in [6, 6.07) is 0. The van der Waals surface area contributed by atoms with Crippen LogP contribution in [0.3, 0.4) is 0 Å². The molecule has 1 saturated heterocycles. The summed E-state index contributed by atoms with van der Waals surface area (Å²) in [5.74, 6) is -1.18. The molecule has 0 aliphatic carbocycles. The summed E-state index contributed by atoms with van der Waals surface area (Å²) in [7, 11) is 1.32. The molecule has 1 aliphatic rings. The van der Waals surface area contributed by atoms with Gasteiger partial charge in [0.25, 0.3) is 0 Å². The van der Waals surface area contributed by atoms with Crippen LogP contribution in [0.4, 0.5) is 0 Å². The Bertz CT molecular complexity index is 397. The normalized spacial score (nSPS) is 35.2. The second-order valence-electron chi connectivity index (χ2n) is 4.14. The van der Waals surface area contributed by atoms with E-state index in [4.69, 9.17) is 20.3 Å². The summed E-state index contributed by atoms with van der Waals surface area (Å²) in [5, 5.41) is 10.3. The van der Waals surface area contributed by atoms with E-state index < -0.39 is 36.0 Å². The number of rotatable bonds is 5. The van der Waals surface area contributed by atoms with Gasteiger partial charge in [0.2, 0.25) is 0 Å². The molecule has 0 amide bonds. The van der Waals surface area contributed by atoms with Gasteiger partial charge in [-0.25, -0.2) is 0 Å². The fourth-order valence-electron chi connectivity index (χ4n) is 1.79. The van der Waals surface area contributed by atoms with Gasteiger partial charge in [0.05, 0.1) is 1.37 Å². The summed E-state index contributed by atoms with van der Waals surface area (Å²) >= 11 is 0. The molecule has 0 aromatic rings. The summed E-state index contributed by atoms with van der Waals surface area (Å²) in [6.07, 6.45) is -2.22. The third-order valence-electron chi connectivity index (χ3n) is 2.73. The summed E-state index contributed by atoms with van der Waals surface area (Å²) in [6.45, 7) is 2.97. The Morgan fingerprint density at radius 2 is 2.21 bits per heavy atom. The maximum absolute atomic E-state index is 11.1. The molecule has 1 unspecified atom stereocenters. The summed E-state index contributed by atoms with van der Waals surface area (Å²) < 4.78 is 27.4. The number of methoxy groups -OCH3 is 1. The van der Waals surface area contributed by atoms with E-state index in [9.17, 15) is 14.7 Å². The highest BCUT2D eigenvalue weighted by atomic mass is 16.7. The quantitative estimate of drug-likeness (QED) is 0.547. The summed E-state index contributed by atoms with van der Waals surface area (Å²) in [4.78, 5) is 22.0. The Morgan fingerprint density at radius 1 is 1.53 bits per heavy atom. The minimum Gasteiger partial charge on any atom is -0.462 e. The van der Waals surface area contributed by atoms with Gasteiger partial charge in [-0.1, -0.05) is 12.6 Å². The second kappa shape index (κ2) is 6.14. The van der Waals surface area contributed by atoms with Crippen molar-refractivity contribution in [3.63, 3.8) is 0 Å². The molecule has 0 aromatic carbocycles. The lowest BCUT2D eigenvalue weighted by Gasteiger charge is -2.27. The number of hydrogen-bond acceptors (Lipinski definition) is 7. The molecule has 7 nitrogen and oxygen atoms in total. The van der Waals surface area contributed by atoms with Crippen molar-refractivity contribution in [2.24, 2.45) is 0 Å². The minimum absolute atomic E-state index is 0.323. The molecule has 1 aliphatic heterocycles. The van der Waals surface area contributed by atoms with E-state index in [1.54, 1.807) is 0 Å². The van der Waals surface area contributed by atoms with Crippen LogP contribution in [0.5, 0.6) is 0 Å². The first-order valence-electron chi connectivity index (χ1n) is 6.19. The van der Waals surface area contributed by atoms with Crippen LogP contribution >= 0.6 is 0 Å². The van der Waals surface area contributed by atoms with Crippen molar-refractivity contribution < 1.29 is 35.0 Å². The van der Waals surface area contributed by atoms with E-state index in [1.165, 1.54) is 27.0 Å². The first-order valence-corrected chi connectivity index (χ1v) is 5.61. The number of ether oxygens (including phenoxy) is 4. The van der Waals surface area contributed by atoms with Crippen molar-refractivity contribution >= 4 is 11.9 Å². The van der Waals surface area contributed by atoms with Crippen molar-refractivity contribution in [2.45, 2.75) is 37.9 Å². The highest BCUT2D eigenvalue weighted by molar-refractivity contribution is 5.66. The van der Waals surface area contributed by atoms with Gasteiger partial charge in [-0.15, -0.1) is 0 Å². The minimum atomic E-state index is -1.49. The highest BCUT2D eigenvalue weighted by Gasteiger charge is 2.56. The predicted octanol–water partition coefficient (Wildman–Crippen LogP) is -0.230. The number of carbonyl (C=O) groups excluding carboxylic acids is 2. The van der Waals surface area contributed by atoms with E-state index in [-0.39, 0.29) is 6.61 Å². The lowest BCUT2D eigenvalue weighted by atomic mass is 9.96. The molecule has 4 atom stereocenters. The van der Waals surface area contributed by atoms with E-state index in [0.717, 1.165) is 6.55 Å². The fourth-order valence-corrected chi connectivity index (χ4v) is 1.79. The lowest BCUT2D eigenvalue weighted by Crippen LogP contribution is -2.46. The third kappa shape index (κ3) is 3.31. The lowest BCUT2D eigenvalue weighted by molar-refractivity contribution is -0.190. The first kappa shape index (κ1) is 14.0. The summed E-state index contributed by atoms with van der Waals surface area (Å²) in [5.41, 5.74) is -1.49. The van der Waals surface area contributed by atoms with E-state index >= 15 is 0 Å². The number of aliphatic hydroxyl groups excluding tert-OH is 1. The van der Waals surface area contributed by atoms with Crippen LogP contribution in [0.15, 0.2) is 12.6 Å². The Morgan fingerprint density at radius 3 is 2.68 bits per heavy atom. The predicted molar refractivity (Wildman–Crippen MR) is 63.0 cm³/mol. The molecule has 0 bridgehead atoms. The Hall–Kier alpha value is -1.44. The standard InChI is InChI=1S/C12H18O7/c1-5-12(6-17-7(2)13)10(15)9(18-8(3)14)11(16-4)19-12/h5,9-11,15H,1,6H2,2-4H3/t9-,10+,11?,12-/m1/s1/i1D. The van der Waals surface area contributed by atoms with Crippen LogP contribution < -0.4 is 0 Å². The van der Waals surface area contributed by atoms with E-state index in [2.05, 4.69) is 0 Å². The smallest absolute Gasteiger partial charge is 0.303 e. The molecule has 108 valence electrons. The largest absolute Gasteiger partial charge is 0.462 e. The molecule has 19 heavy (non-hydrogen) atoms. The maximum Gasteiger partial charge on any atom is 0.303 e. The molecule has 1 fully saturated rings. The topological polar surface area (TPSA) is 91.3 Å². The monoisotopic (exact) mass is 275 g/mol. The fraction of sp³-hybridized carbons (Fsp3) is 0.667. The molecule has 7 heteroatoms. The van der Waals surface area contributed by atoms with Crippen molar-refractivity contribution in [1.29, 1.82) is 0 Å². The van der Waals surface area contributed by atoms with Gasteiger partial charge in [0.15, 0.2) is 18.0 Å². The van der Waals surface area contributed by atoms with Crippen molar-refractivity contribution in [1.82, 2.24) is 0 Å². The molecule has 0 spiro atoms. The zero-order valence-electron chi connectivity index (χ0n) is 12.0. The van der Waals surface area contributed by atoms with Gasteiger partial charge in [-0.05, 0) is 0 Å². The van der Waals surface area contributed by atoms with Gasteiger partial charge in [0.1, 0.15) is 12.7 Å². The van der Waals surface area contributed by atoms with Crippen LogP contribution in [-0.4, -0.2) is 54.9 Å². The van der Waals surface area contributed by atoms with E-state index in [1.807, 2.05) is 0 Å². The second-order valence-corrected chi connectivity index (χ2v) is 4.14. The van der Waals surface area contributed by atoms with Crippen molar-refractivity contribution in [3.05, 3.63) is 12.6 Å². The molecule has 0 saturated carbocycles. The van der Waals surface area contributed by atoms with E-state index in [0.29, 0.717) is 0 Å². The molecular weight excluding hydrogens is 256 g/mol. The molecule has 1 heterocycles. The zero-order valence-corrected chi connectivity index (χ0v) is 11.0. The van der Waals surface area contributed by atoms with Gasteiger partial charge in [-0.2, -0.15) is 0 Å². The van der Waals surface area contributed by atoms with Crippen molar-refractivity contribution in [2.75, 3.05) is 13.7 Å². The Kier molecular flexibility index (Phi) is 4.52. The third-order valence-corrected chi connectivity index (χ3v) is 2.73. The Labute approximate surface area is 112 Å². The first-order chi connectivity index (χ1) is 9.36. The van der Waals surface area contributed by atoms with Crippen LogP contribution in [0.1, 0.15) is 15.2 Å². The highest BCUT2D eigenvalue weighted by Crippen LogP contribution is 2.35. The number of hydrogen-bond donors (Lipinski definition) is 1. The molecule has 1 rings (SSSR count). The zero-order chi connectivity index (χ0) is 15.3. The maximum atomic E-state index is 11.1. The molecule has 0 aromatic heterocycles. The van der Waals surface area contributed by atoms with Gasteiger partial charge >= 0.3 is 11.9 Å². The van der Waals surface area contributed by atoms with Crippen LogP contribution in [-0.2, 0) is 28.5 Å². The van der Waals surface area contributed by atoms with Crippen LogP contribution in [0.2, 0.25) is 0 Å².